The highest BCUT2D eigenvalue weighted by Crippen LogP contribution is 2.27. The first-order valence-electron chi connectivity index (χ1n) is 6.43. The first-order valence-corrected chi connectivity index (χ1v) is 6.43. The van der Waals surface area contributed by atoms with E-state index in [1.807, 2.05) is 66.5 Å². The number of hydrogen-bond donors (Lipinski definition) is 0. The quantitative estimate of drug-likeness (QED) is 0.779. The minimum Gasteiger partial charge on any atom is -0.340 e. The summed E-state index contributed by atoms with van der Waals surface area (Å²) in [5.74, 6) is 0. The van der Waals surface area contributed by atoms with Gasteiger partial charge in [-0.15, -0.1) is 0 Å². The molecule has 0 saturated carbocycles. The molecule has 0 fully saturated rings. The van der Waals surface area contributed by atoms with Crippen LogP contribution in [0, 0.1) is 0 Å². The number of nitrogens with zero attached hydrogens (tertiary/aromatic N) is 2. The van der Waals surface area contributed by atoms with Gasteiger partial charge in [0, 0.05) is 18.2 Å². The summed E-state index contributed by atoms with van der Waals surface area (Å²) in [6.45, 7) is 0. The highest BCUT2D eigenvalue weighted by Gasteiger charge is 2.18. The molecule has 0 atom stereocenters. The van der Waals surface area contributed by atoms with Crippen LogP contribution in [0.15, 0.2) is 71.5 Å². The normalized spacial score (nSPS) is 13.9. The Bertz CT molecular complexity index is 702. The number of benzene rings is 2. The standard InChI is InChI=1S/C17H14N2O/c1-19-14(12-20)11-18-17(13-7-3-2-4-8-13)15-9-5-6-10-16(15)19/h2-12H,1H3. The molecular weight excluding hydrogens is 248 g/mol. The second-order valence-electron chi connectivity index (χ2n) is 4.59. The molecule has 0 amide bonds. The van der Waals surface area contributed by atoms with Gasteiger partial charge in [-0.3, -0.25) is 9.79 Å². The van der Waals surface area contributed by atoms with Crippen LogP contribution in [0.1, 0.15) is 11.1 Å². The van der Waals surface area contributed by atoms with Crippen LogP contribution in [-0.4, -0.2) is 19.0 Å². The summed E-state index contributed by atoms with van der Waals surface area (Å²) in [6.07, 6.45) is 2.45. The van der Waals surface area contributed by atoms with E-state index in [1.54, 1.807) is 6.20 Å². The number of allylic oxidation sites excluding steroid dienone is 1. The molecule has 0 unspecified atom stereocenters. The van der Waals surface area contributed by atoms with Gasteiger partial charge >= 0.3 is 0 Å². The second kappa shape index (κ2) is 5.13. The minimum absolute atomic E-state index is 0.545. The Labute approximate surface area is 117 Å². The largest absolute Gasteiger partial charge is 0.340 e. The predicted molar refractivity (Wildman–Crippen MR) is 81.1 cm³/mol. The predicted octanol–water partition coefficient (Wildman–Crippen LogP) is 3.01. The van der Waals surface area contributed by atoms with E-state index >= 15 is 0 Å². The average Bonchev–Trinajstić information content (AvgIpc) is 2.65. The number of hydrogen-bond acceptors (Lipinski definition) is 3. The Kier molecular flexibility index (Phi) is 3.17. The van der Waals surface area contributed by atoms with Crippen molar-refractivity contribution in [2.24, 2.45) is 4.99 Å². The SMILES string of the molecule is CN1C(C=O)=CN=C(c2ccccc2)c2ccccc21. The molecule has 1 aliphatic heterocycles. The number of rotatable bonds is 2. The van der Waals surface area contributed by atoms with Crippen molar-refractivity contribution in [3.8, 4) is 0 Å². The number of carbonyl (C=O) groups excluding carboxylic acids is 1. The molecule has 0 aliphatic carbocycles. The zero-order valence-electron chi connectivity index (χ0n) is 11.2. The first kappa shape index (κ1) is 12.4. The molecule has 3 heteroatoms. The van der Waals surface area contributed by atoms with Crippen molar-refractivity contribution in [2.75, 3.05) is 11.9 Å². The van der Waals surface area contributed by atoms with Crippen LogP contribution < -0.4 is 4.90 Å². The molecule has 20 heavy (non-hydrogen) atoms. The molecule has 0 radical (unpaired) electrons. The molecule has 98 valence electrons. The molecule has 2 aromatic rings. The van der Waals surface area contributed by atoms with Gasteiger partial charge in [0.1, 0.15) is 0 Å². The maximum Gasteiger partial charge on any atom is 0.168 e. The number of aldehydes is 1. The lowest BCUT2D eigenvalue weighted by Gasteiger charge is -2.20. The van der Waals surface area contributed by atoms with Gasteiger partial charge in [0.25, 0.3) is 0 Å². The maximum atomic E-state index is 11.2. The molecule has 0 N–H and O–H groups in total. The summed E-state index contributed by atoms with van der Waals surface area (Å²) in [4.78, 5) is 17.6. The fraction of sp³-hybridized carbons (Fsp3) is 0.0588. The number of aliphatic imine (C=N–C) groups is 1. The first-order chi connectivity index (χ1) is 9.81. The van der Waals surface area contributed by atoms with E-state index in [2.05, 4.69) is 4.99 Å². The Morgan fingerprint density at radius 2 is 1.70 bits per heavy atom. The number of likely N-dealkylation sites (N-methyl/N-ethyl adjacent to an activating group) is 1. The fourth-order valence-corrected chi connectivity index (χ4v) is 2.33. The van der Waals surface area contributed by atoms with E-state index in [1.165, 1.54) is 0 Å². The monoisotopic (exact) mass is 262 g/mol. The Morgan fingerprint density at radius 1 is 1.00 bits per heavy atom. The van der Waals surface area contributed by atoms with Gasteiger partial charge in [-0.25, -0.2) is 0 Å². The van der Waals surface area contributed by atoms with Gasteiger partial charge in [0.05, 0.1) is 23.3 Å². The Balaban J connectivity index is 2.24. The smallest absolute Gasteiger partial charge is 0.168 e. The van der Waals surface area contributed by atoms with Crippen LogP contribution in [0.2, 0.25) is 0 Å². The summed E-state index contributed by atoms with van der Waals surface area (Å²) >= 11 is 0. The molecule has 0 saturated heterocycles. The zero-order valence-corrected chi connectivity index (χ0v) is 11.2. The van der Waals surface area contributed by atoms with Crippen LogP contribution in [0.4, 0.5) is 5.69 Å². The third kappa shape index (κ3) is 2.03. The minimum atomic E-state index is 0.545. The summed E-state index contributed by atoms with van der Waals surface area (Å²) in [6, 6.07) is 18.0. The van der Waals surface area contributed by atoms with Gasteiger partial charge in [-0.1, -0.05) is 48.5 Å². The molecule has 1 heterocycles. The van der Waals surface area contributed by atoms with Crippen LogP contribution in [-0.2, 0) is 4.79 Å². The molecule has 1 aliphatic rings. The highest BCUT2D eigenvalue weighted by molar-refractivity contribution is 6.17. The number of para-hydroxylation sites is 1. The molecule has 0 bridgehead atoms. The summed E-state index contributed by atoms with van der Waals surface area (Å²) in [7, 11) is 1.88. The Morgan fingerprint density at radius 3 is 2.45 bits per heavy atom. The van der Waals surface area contributed by atoms with E-state index in [0.29, 0.717) is 5.70 Å². The van der Waals surface area contributed by atoms with Crippen molar-refractivity contribution < 1.29 is 4.79 Å². The van der Waals surface area contributed by atoms with Crippen molar-refractivity contribution in [1.29, 1.82) is 0 Å². The van der Waals surface area contributed by atoms with Crippen molar-refractivity contribution in [1.82, 2.24) is 0 Å². The molecular formula is C17H14N2O. The van der Waals surface area contributed by atoms with Crippen LogP contribution >= 0.6 is 0 Å². The maximum absolute atomic E-state index is 11.2. The van der Waals surface area contributed by atoms with Crippen LogP contribution in [0.25, 0.3) is 0 Å². The third-order valence-corrected chi connectivity index (χ3v) is 3.40. The van der Waals surface area contributed by atoms with E-state index < -0.39 is 0 Å². The summed E-state index contributed by atoms with van der Waals surface area (Å²) in [5, 5.41) is 0. The van der Waals surface area contributed by atoms with Gasteiger partial charge in [-0.2, -0.15) is 0 Å². The average molecular weight is 262 g/mol. The molecule has 3 nitrogen and oxygen atoms in total. The molecule has 2 aromatic carbocycles. The molecule has 0 spiro atoms. The third-order valence-electron chi connectivity index (χ3n) is 3.40. The van der Waals surface area contributed by atoms with Crippen molar-refractivity contribution >= 4 is 17.7 Å². The number of anilines is 1. The van der Waals surface area contributed by atoms with Crippen molar-refractivity contribution in [2.45, 2.75) is 0 Å². The Hall–Kier alpha value is -2.68. The van der Waals surface area contributed by atoms with Gasteiger partial charge < -0.3 is 4.90 Å². The lowest BCUT2D eigenvalue weighted by Crippen LogP contribution is -2.18. The van der Waals surface area contributed by atoms with E-state index in [-0.39, 0.29) is 0 Å². The fourth-order valence-electron chi connectivity index (χ4n) is 2.33. The van der Waals surface area contributed by atoms with Crippen molar-refractivity contribution in [3.63, 3.8) is 0 Å². The lowest BCUT2D eigenvalue weighted by molar-refractivity contribution is -0.105. The highest BCUT2D eigenvalue weighted by atomic mass is 16.1. The number of fused-ring (bicyclic) bond motifs is 1. The van der Waals surface area contributed by atoms with Crippen LogP contribution in [0.5, 0.6) is 0 Å². The van der Waals surface area contributed by atoms with Gasteiger partial charge in [0.2, 0.25) is 0 Å². The van der Waals surface area contributed by atoms with Crippen molar-refractivity contribution in [3.05, 3.63) is 77.6 Å². The second-order valence-corrected chi connectivity index (χ2v) is 4.59. The topological polar surface area (TPSA) is 32.7 Å². The summed E-state index contributed by atoms with van der Waals surface area (Å²) < 4.78 is 0. The summed E-state index contributed by atoms with van der Waals surface area (Å²) in [5.41, 5.74) is 4.46. The zero-order chi connectivity index (χ0) is 13.9. The number of carbonyl (C=O) groups is 1. The van der Waals surface area contributed by atoms with Gasteiger partial charge in [-0.05, 0) is 6.07 Å². The molecule has 0 aromatic heterocycles. The van der Waals surface area contributed by atoms with Crippen LogP contribution in [0.3, 0.4) is 0 Å². The van der Waals surface area contributed by atoms with E-state index in [9.17, 15) is 4.79 Å². The van der Waals surface area contributed by atoms with E-state index in [4.69, 9.17) is 0 Å². The van der Waals surface area contributed by atoms with E-state index in [0.717, 1.165) is 28.8 Å². The molecule has 3 rings (SSSR count). The lowest BCUT2D eigenvalue weighted by atomic mass is 10.0. The van der Waals surface area contributed by atoms with Gasteiger partial charge in [0.15, 0.2) is 6.29 Å².